The quantitative estimate of drug-likeness (QED) is 0.708. The molecule has 0 fully saturated rings. The van der Waals surface area contributed by atoms with Gasteiger partial charge in [-0.25, -0.2) is 0 Å². The number of methoxy groups -OCH3 is 1. The molecule has 1 amide bonds. The molecule has 2 aromatic carbocycles. The highest BCUT2D eigenvalue weighted by Crippen LogP contribution is 2.28. The Balaban J connectivity index is 1.95. The van der Waals surface area contributed by atoms with Gasteiger partial charge in [0, 0.05) is 17.0 Å². The van der Waals surface area contributed by atoms with Crippen molar-refractivity contribution >= 4 is 29.3 Å². The molecule has 1 N–H and O–H groups in total. The van der Waals surface area contributed by atoms with Crippen LogP contribution in [0.5, 0.6) is 5.75 Å². The van der Waals surface area contributed by atoms with Crippen LogP contribution in [0.3, 0.4) is 0 Å². The van der Waals surface area contributed by atoms with E-state index in [9.17, 15) is 4.79 Å². The van der Waals surface area contributed by atoms with Crippen LogP contribution in [0, 0.1) is 0 Å². The average Bonchev–Trinajstić information content (AvgIpc) is 2.61. The second kappa shape index (κ2) is 9.70. The van der Waals surface area contributed by atoms with Crippen LogP contribution in [0.4, 0.5) is 0 Å². The first kappa shape index (κ1) is 19.6. The number of nitrogens with one attached hydrogen (secondary N) is 1. The molecular formula is C19H23ClN2O2S. The van der Waals surface area contributed by atoms with Crippen LogP contribution in [-0.4, -0.2) is 44.3 Å². The van der Waals surface area contributed by atoms with Crippen molar-refractivity contribution in [1.29, 1.82) is 0 Å². The Labute approximate surface area is 158 Å². The topological polar surface area (TPSA) is 41.6 Å². The van der Waals surface area contributed by atoms with Gasteiger partial charge in [0.2, 0.25) is 5.91 Å². The van der Waals surface area contributed by atoms with E-state index < -0.39 is 0 Å². The van der Waals surface area contributed by atoms with Gasteiger partial charge < -0.3 is 15.0 Å². The average molecular weight is 379 g/mol. The molecule has 0 heterocycles. The summed E-state index contributed by atoms with van der Waals surface area (Å²) in [5.41, 5.74) is 1.05. The van der Waals surface area contributed by atoms with Crippen molar-refractivity contribution in [1.82, 2.24) is 10.2 Å². The molecule has 2 rings (SSSR count). The summed E-state index contributed by atoms with van der Waals surface area (Å²) in [6, 6.07) is 15.4. The minimum atomic E-state index is -0.0216. The second-order valence-corrected chi connectivity index (χ2v) is 7.17. The van der Waals surface area contributed by atoms with Crippen LogP contribution >= 0.6 is 23.4 Å². The highest BCUT2D eigenvalue weighted by atomic mass is 35.5. The van der Waals surface area contributed by atoms with Crippen molar-refractivity contribution in [3.05, 3.63) is 59.1 Å². The number of hydrogen-bond acceptors (Lipinski definition) is 4. The number of benzene rings is 2. The van der Waals surface area contributed by atoms with Gasteiger partial charge >= 0.3 is 0 Å². The summed E-state index contributed by atoms with van der Waals surface area (Å²) < 4.78 is 5.44. The van der Waals surface area contributed by atoms with E-state index in [2.05, 4.69) is 10.2 Å². The van der Waals surface area contributed by atoms with E-state index in [1.54, 1.807) is 7.11 Å². The van der Waals surface area contributed by atoms with Gasteiger partial charge in [0.25, 0.3) is 0 Å². The van der Waals surface area contributed by atoms with E-state index in [1.165, 1.54) is 11.8 Å². The lowest BCUT2D eigenvalue weighted by Gasteiger charge is -2.26. The molecule has 1 atom stereocenters. The first-order valence-electron chi connectivity index (χ1n) is 7.96. The monoisotopic (exact) mass is 378 g/mol. The minimum absolute atomic E-state index is 0.0216. The summed E-state index contributed by atoms with van der Waals surface area (Å²) in [4.78, 5) is 15.2. The van der Waals surface area contributed by atoms with Gasteiger partial charge in [-0.1, -0.05) is 41.9 Å². The van der Waals surface area contributed by atoms with Crippen LogP contribution in [-0.2, 0) is 4.79 Å². The maximum Gasteiger partial charge on any atom is 0.230 e. The summed E-state index contributed by atoms with van der Waals surface area (Å²) in [7, 11) is 5.63. The molecule has 134 valence electrons. The molecule has 0 aliphatic rings. The smallest absolute Gasteiger partial charge is 0.230 e. The molecule has 0 aliphatic carbocycles. The van der Waals surface area contributed by atoms with Crippen molar-refractivity contribution in [2.24, 2.45) is 0 Å². The fourth-order valence-corrected chi connectivity index (χ4v) is 3.55. The van der Waals surface area contributed by atoms with E-state index >= 15 is 0 Å². The third-order valence-corrected chi connectivity index (χ3v) is 5.32. The van der Waals surface area contributed by atoms with Gasteiger partial charge in [-0.15, -0.1) is 11.8 Å². The molecule has 0 aliphatic heterocycles. The van der Waals surface area contributed by atoms with Gasteiger partial charge in [0.15, 0.2) is 0 Å². The zero-order chi connectivity index (χ0) is 18.2. The fourth-order valence-electron chi connectivity index (χ4n) is 2.48. The molecule has 2 aromatic rings. The predicted molar refractivity (Wildman–Crippen MR) is 105 cm³/mol. The van der Waals surface area contributed by atoms with Gasteiger partial charge in [-0.3, -0.25) is 4.79 Å². The molecule has 6 heteroatoms. The molecule has 0 aromatic heterocycles. The number of hydrogen-bond donors (Lipinski definition) is 1. The maximum atomic E-state index is 12.2. The van der Waals surface area contributed by atoms with Gasteiger partial charge in [-0.05, 0) is 32.3 Å². The van der Waals surface area contributed by atoms with Crippen molar-refractivity contribution in [3.8, 4) is 5.75 Å². The number of thioether (sulfide) groups is 1. The number of halogens is 1. The number of ether oxygens (including phenoxy) is 1. The van der Waals surface area contributed by atoms with Gasteiger partial charge in [0.05, 0.1) is 23.9 Å². The van der Waals surface area contributed by atoms with Crippen LogP contribution in [0.15, 0.2) is 53.4 Å². The Morgan fingerprint density at radius 1 is 1.20 bits per heavy atom. The van der Waals surface area contributed by atoms with E-state index in [1.807, 2.05) is 62.6 Å². The van der Waals surface area contributed by atoms with Crippen LogP contribution in [0.1, 0.15) is 11.6 Å². The predicted octanol–water partition coefficient (Wildman–Crippen LogP) is 3.86. The lowest BCUT2D eigenvalue weighted by Crippen LogP contribution is -2.35. The largest absolute Gasteiger partial charge is 0.496 e. The first-order chi connectivity index (χ1) is 12.0. The first-order valence-corrected chi connectivity index (χ1v) is 9.32. The van der Waals surface area contributed by atoms with Crippen LogP contribution < -0.4 is 10.1 Å². The molecule has 4 nitrogen and oxygen atoms in total. The summed E-state index contributed by atoms with van der Waals surface area (Å²) in [5.74, 6) is 1.13. The standard InChI is InChI=1S/C19H23ClN2O2S/c1-22(2)16(14-8-4-6-10-17(14)24-3)12-21-19(23)13-25-18-11-7-5-9-15(18)20/h4-11,16H,12-13H2,1-3H3,(H,21,23). The van der Waals surface area contributed by atoms with E-state index in [0.29, 0.717) is 17.3 Å². The van der Waals surface area contributed by atoms with Crippen molar-refractivity contribution < 1.29 is 9.53 Å². The molecule has 1 unspecified atom stereocenters. The fraction of sp³-hybridized carbons (Fsp3) is 0.316. The number of para-hydroxylation sites is 1. The molecule has 0 saturated heterocycles. The molecule has 0 saturated carbocycles. The number of likely N-dealkylation sites (N-methyl/N-ethyl adjacent to an activating group) is 1. The number of rotatable bonds is 8. The summed E-state index contributed by atoms with van der Waals surface area (Å²) in [6.07, 6.45) is 0. The molecule has 0 bridgehead atoms. The Morgan fingerprint density at radius 2 is 1.88 bits per heavy atom. The Kier molecular flexibility index (Phi) is 7.62. The van der Waals surface area contributed by atoms with E-state index in [0.717, 1.165) is 16.2 Å². The van der Waals surface area contributed by atoms with Crippen molar-refractivity contribution in [3.63, 3.8) is 0 Å². The Morgan fingerprint density at radius 3 is 2.56 bits per heavy atom. The molecular weight excluding hydrogens is 356 g/mol. The lowest BCUT2D eigenvalue weighted by atomic mass is 10.0. The highest BCUT2D eigenvalue weighted by molar-refractivity contribution is 8.00. The number of amides is 1. The van der Waals surface area contributed by atoms with Crippen LogP contribution in [0.2, 0.25) is 5.02 Å². The van der Waals surface area contributed by atoms with Crippen molar-refractivity contribution in [2.75, 3.05) is 33.5 Å². The van der Waals surface area contributed by atoms with Crippen molar-refractivity contribution in [2.45, 2.75) is 10.9 Å². The number of carbonyl (C=O) groups excluding carboxylic acids is 1. The van der Waals surface area contributed by atoms with Gasteiger partial charge in [-0.2, -0.15) is 0 Å². The normalized spacial score (nSPS) is 12.0. The van der Waals surface area contributed by atoms with E-state index in [-0.39, 0.29) is 11.9 Å². The zero-order valence-electron chi connectivity index (χ0n) is 14.7. The molecule has 0 spiro atoms. The third kappa shape index (κ3) is 5.66. The Hall–Kier alpha value is -1.69. The zero-order valence-corrected chi connectivity index (χ0v) is 16.2. The second-order valence-electron chi connectivity index (χ2n) is 5.74. The molecule has 25 heavy (non-hydrogen) atoms. The number of carbonyl (C=O) groups is 1. The Bertz CT molecular complexity index is 709. The molecule has 0 radical (unpaired) electrons. The highest BCUT2D eigenvalue weighted by Gasteiger charge is 2.19. The minimum Gasteiger partial charge on any atom is -0.496 e. The number of nitrogens with zero attached hydrogens (tertiary/aromatic N) is 1. The summed E-state index contributed by atoms with van der Waals surface area (Å²) >= 11 is 7.55. The van der Waals surface area contributed by atoms with E-state index in [4.69, 9.17) is 16.3 Å². The summed E-state index contributed by atoms with van der Waals surface area (Å²) in [5, 5.41) is 3.67. The lowest BCUT2D eigenvalue weighted by molar-refractivity contribution is -0.118. The third-order valence-electron chi connectivity index (χ3n) is 3.81. The SMILES string of the molecule is COc1ccccc1C(CNC(=O)CSc1ccccc1Cl)N(C)C. The van der Waals surface area contributed by atoms with Gasteiger partial charge in [0.1, 0.15) is 5.75 Å². The summed E-state index contributed by atoms with van der Waals surface area (Å²) in [6.45, 7) is 0.509. The van der Waals surface area contributed by atoms with Crippen LogP contribution in [0.25, 0.3) is 0 Å². The maximum absolute atomic E-state index is 12.2.